The third-order valence-corrected chi connectivity index (χ3v) is 21.8. The summed E-state index contributed by atoms with van der Waals surface area (Å²) < 4.78 is 51.5. The smallest absolute Gasteiger partial charge is 0.155 e. The van der Waals surface area contributed by atoms with Crippen LogP contribution in [0.2, 0.25) is 0 Å². The molecule has 2 aromatic carbocycles. The first-order valence-electron chi connectivity index (χ1n) is 26.2. The second-order valence-corrected chi connectivity index (χ2v) is 25.6. The van der Waals surface area contributed by atoms with Gasteiger partial charge < -0.3 is 21.3 Å². The summed E-state index contributed by atoms with van der Waals surface area (Å²) >= 11 is 3.46. The average molecular weight is 996 g/mol. The Labute approximate surface area is 404 Å². The molecule has 10 aliphatic rings. The molecule has 0 amide bonds. The Morgan fingerprint density at radius 2 is 1.06 bits per heavy atom. The maximum atomic E-state index is 14.0. The van der Waals surface area contributed by atoms with Gasteiger partial charge in [-0.25, -0.2) is 17.6 Å². The van der Waals surface area contributed by atoms with Gasteiger partial charge in [0.2, 0.25) is 0 Å². The predicted molar refractivity (Wildman–Crippen MR) is 257 cm³/mol. The molecule has 12 rings (SSSR count). The Bertz CT molecular complexity index is 2220. The molecule has 0 aliphatic heterocycles. The largest absolute Gasteiger partial charge is 0.396 e. The monoisotopic (exact) mass is 994 g/mol. The van der Waals surface area contributed by atoms with Crippen LogP contribution in [-0.2, 0) is 9.59 Å². The fraction of sp³-hybridized carbons (Fsp3) is 0.750. The topological polar surface area (TPSA) is 113 Å². The van der Waals surface area contributed by atoms with E-state index in [2.05, 4.69) is 42.0 Å². The van der Waals surface area contributed by atoms with Crippen LogP contribution in [-0.4, -0.2) is 44.9 Å². The first-order valence-corrected chi connectivity index (χ1v) is 27.3. The zero-order valence-electron chi connectivity index (χ0n) is 40.1. The number of benzene rings is 2. The van der Waals surface area contributed by atoms with Crippen LogP contribution in [0, 0.1) is 129 Å². The Morgan fingerprint density at radius 1 is 0.597 bits per heavy atom. The quantitative estimate of drug-likeness (QED) is 0.130. The van der Waals surface area contributed by atoms with E-state index in [9.17, 15) is 37.4 Å². The van der Waals surface area contributed by atoms with E-state index in [0.29, 0.717) is 46.6 Å². The van der Waals surface area contributed by atoms with Crippen molar-refractivity contribution in [1.82, 2.24) is 0 Å². The standard InChI is InChI=1S/C28H37F2NO2.C22H33BrO2.C6H5F2N/c1-27(33)9-7-17-15(13-27)3-5-19-18(17)8-10-28(2)25(19)20-12-21(20)26(28)24(32)14-31-23-6-4-16(29)11-22(23)30;1-21(25)7-5-13-12(10-21)3-4-15-14(13)6-8-22(2)19(15)16-9-17(16)20(22)18(24)11-23;7-4-1-2-6(9)5(8)3-4/h4,6,11,15,17-21,25-26,31,33H,3,5,7-10,12-14H2,1-2H3;12-17,19-20,25H,3-11H2,1-2H3;1-3H,9H2/t15-,17+,18-,19-,20-,21+,25-,26-,27-,28+;12-,13+,14-,15-,16-,17+,19-,20-,21-,22+;/m11./s1. The lowest BCUT2D eigenvalue weighted by atomic mass is 9.48. The number of halogens is 5. The van der Waals surface area contributed by atoms with Gasteiger partial charge >= 0.3 is 0 Å². The fourth-order valence-corrected chi connectivity index (χ4v) is 19.2. The Morgan fingerprint density at radius 3 is 1.52 bits per heavy atom. The van der Waals surface area contributed by atoms with Crippen molar-refractivity contribution in [3.05, 3.63) is 59.7 Å². The highest BCUT2D eigenvalue weighted by Gasteiger charge is 2.72. The van der Waals surface area contributed by atoms with Crippen LogP contribution in [0.4, 0.5) is 28.9 Å². The van der Waals surface area contributed by atoms with Gasteiger partial charge in [-0.15, -0.1) is 0 Å². The molecular formula is C56H75BrF4N2O4. The molecule has 0 saturated heterocycles. The van der Waals surface area contributed by atoms with E-state index in [1.807, 2.05) is 6.92 Å². The van der Waals surface area contributed by atoms with Gasteiger partial charge in [0.05, 0.1) is 34.5 Å². The van der Waals surface area contributed by atoms with Crippen LogP contribution in [0.3, 0.4) is 0 Å². The number of hydrogen-bond acceptors (Lipinski definition) is 6. The summed E-state index contributed by atoms with van der Waals surface area (Å²) in [6.07, 6.45) is 18.9. The van der Waals surface area contributed by atoms with Crippen LogP contribution in [0.5, 0.6) is 0 Å². The number of alkyl halides is 1. The Balaban J connectivity index is 0.000000136. The molecule has 0 aromatic heterocycles. The molecule has 368 valence electrons. The van der Waals surface area contributed by atoms with Crippen molar-refractivity contribution in [2.45, 2.75) is 142 Å². The number of hydrogen-bond donors (Lipinski definition) is 4. The normalized spacial score (nSPS) is 46.9. The SMILES string of the molecule is C[C@@]1(O)CC[C@H]2[C@H](CC[C@@H]3[C@@H]2CC[C@@]2(C)[C@H]3[C@@H]3C[C@@H]3[C@@H]2C(=O)CBr)C1.C[C@@]1(O)CC[C@H]2[C@H](CC[C@@H]3[C@@H]2CC[C@@]2(C)[C@H]3[C@@H]3C[C@@H]3[C@@H]2C(=O)CNc2ccc(F)cc2F)C1.Nc1ccc(F)cc1F. The molecule has 5 N–H and O–H groups in total. The van der Waals surface area contributed by atoms with E-state index < -0.39 is 34.5 Å². The first kappa shape index (κ1) is 48.1. The number of aliphatic hydroxyl groups is 2. The molecule has 6 nitrogen and oxygen atoms in total. The number of carbonyl (C=O) groups excluding carboxylic acids is 2. The zero-order valence-corrected chi connectivity index (χ0v) is 41.7. The van der Waals surface area contributed by atoms with Gasteiger partial charge in [0.15, 0.2) is 5.78 Å². The van der Waals surface area contributed by atoms with E-state index in [-0.39, 0.29) is 40.5 Å². The van der Waals surface area contributed by atoms with E-state index in [1.165, 1.54) is 82.4 Å². The van der Waals surface area contributed by atoms with Crippen molar-refractivity contribution in [2.75, 3.05) is 22.9 Å². The first-order chi connectivity index (χ1) is 31.7. The number of nitrogen functional groups attached to an aromatic ring is 1. The van der Waals surface area contributed by atoms with E-state index in [4.69, 9.17) is 5.73 Å². The molecule has 0 unspecified atom stereocenters. The highest BCUT2D eigenvalue weighted by atomic mass is 79.9. The zero-order chi connectivity index (χ0) is 47.5. The van der Waals surface area contributed by atoms with Gasteiger partial charge in [0, 0.05) is 24.0 Å². The molecular weight excluding hydrogens is 921 g/mol. The van der Waals surface area contributed by atoms with Crippen LogP contribution >= 0.6 is 15.9 Å². The van der Waals surface area contributed by atoms with Gasteiger partial charge in [-0.1, -0.05) is 29.8 Å². The molecule has 0 spiro atoms. The molecule has 20 atom stereocenters. The summed E-state index contributed by atoms with van der Waals surface area (Å²) in [5.41, 5.74) is 4.66. The lowest BCUT2D eigenvalue weighted by Gasteiger charge is -2.57. The summed E-state index contributed by atoms with van der Waals surface area (Å²) in [6.45, 7) is 9.03. The summed E-state index contributed by atoms with van der Waals surface area (Å²) in [4.78, 5) is 26.2. The summed E-state index contributed by atoms with van der Waals surface area (Å²) in [5.74, 6) is 8.99. The van der Waals surface area contributed by atoms with Crippen molar-refractivity contribution < 1.29 is 37.4 Å². The Hall–Kier alpha value is -2.50. The molecule has 0 bridgehead atoms. The molecule has 0 radical (unpaired) electrons. The minimum Gasteiger partial charge on any atom is -0.396 e. The highest BCUT2D eigenvalue weighted by Crippen LogP contribution is 2.76. The number of anilines is 2. The van der Waals surface area contributed by atoms with Crippen LogP contribution in [0.15, 0.2) is 36.4 Å². The number of nitrogens with two attached hydrogens (primary N) is 1. The van der Waals surface area contributed by atoms with E-state index in [1.54, 1.807) is 0 Å². The predicted octanol–water partition coefficient (Wildman–Crippen LogP) is 12.2. The van der Waals surface area contributed by atoms with Gasteiger partial charge in [0.25, 0.3) is 0 Å². The van der Waals surface area contributed by atoms with Gasteiger partial charge in [0.1, 0.15) is 29.1 Å². The maximum absolute atomic E-state index is 14.0. The van der Waals surface area contributed by atoms with Crippen molar-refractivity contribution in [3.63, 3.8) is 0 Å². The molecule has 10 fully saturated rings. The third-order valence-electron chi connectivity index (χ3n) is 21.2. The molecule has 11 heteroatoms. The number of nitrogens with one attached hydrogen (secondary N) is 1. The van der Waals surface area contributed by atoms with Gasteiger partial charge in [-0.05, 0) is 235 Å². The van der Waals surface area contributed by atoms with Crippen molar-refractivity contribution in [3.8, 4) is 0 Å². The summed E-state index contributed by atoms with van der Waals surface area (Å²) in [6, 6.07) is 6.50. The lowest BCUT2D eigenvalue weighted by Crippen LogP contribution is -2.52. The van der Waals surface area contributed by atoms with E-state index >= 15 is 0 Å². The lowest BCUT2D eigenvalue weighted by molar-refractivity contribution is -0.134. The number of fused-ring (bicyclic) bond motifs is 14. The average Bonchev–Trinajstić information content (AvgIpc) is 4.18. The van der Waals surface area contributed by atoms with Gasteiger partial charge in [-0.2, -0.15) is 0 Å². The van der Waals surface area contributed by atoms with E-state index in [0.717, 1.165) is 110 Å². The van der Waals surface area contributed by atoms with Crippen molar-refractivity contribution in [1.29, 1.82) is 0 Å². The third kappa shape index (κ3) is 8.66. The molecule has 67 heavy (non-hydrogen) atoms. The fourth-order valence-electron chi connectivity index (χ4n) is 18.8. The molecule has 2 aromatic rings. The van der Waals surface area contributed by atoms with Crippen molar-refractivity contribution in [2.24, 2.45) is 106 Å². The minimum absolute atomic E-state index is 0.0311. The minimum atomic E-state index is -0.713. The number of Topliss-reactive ketones (excluding diaryl/α,β-unsaturated/α-hetero) is 2. The second-order valence-electron chi connectivity index (χ2n) is 25.1. The van der Waals surface area contributed by atoms with Gasteiger partial charge in [-0.3, -0.25) is 9.59 Å². The van der Waals surface area contributed by atoms with Crippen LogP contribution in [0.1, 0.15) is 130 Å². The summed E-state index contributed by atoms with van der Waals surface area (Å²) in [5, 5.41) is 24.7. The Kier molecular flexibility index (Phi) is 12.7. The van der Waals surface area contributed by atoms with Crippen molar-refractivity contribution >= 4 is 38.9 Å². The maximum Gasteiger partial charge on any atom is 0.155 e. The number of ketones is 2. The highest BCUT2D eigenvalue weighted by molar-refractivity contribution is 9.09. The molecule has 10 saturated carbocycles. The van der Waals surface area contributed by atoms with Crippen LogP contribution in [0.25, 0.3) is 0 Å². The molecule has 10 aliphatic carbocycles. The second kappa shape index (κ2) is 17.7. The van der Waals surface area contributed by atoms with Crippen LogP contribution < -0.4 is 11.1 Å². The molecule has 0 heterocycles. The number of carbonyl (C=O) groups is 2. The number of rotatable bonds is 6. The summed E-state index contributed by atoms with van der Waals surface area (Å²) in [7, 11) is 0.